The molecule has 8 heteroatoms. The molecule has 2 N–H and O–H groups in total. The molecule has 1 aromatic rings. The van der Waals surface area contributed by atoms with Gasteiger partial charge in [-0.25, -0.2) is 9.18 Å². The van der Waals surface area contributed by atoms with Gasteiger partial charge in [0.05, 0.1) is 11.5 Å². The summed E-state index contributed by atoms with van der Waals surface area (Å²) in [5.41, 5.74) is 0.308. The number of benzene rings is 1. The summed E-state index contributed by atoms with van der Waals surface area (Å²) in [7, 11) is 0. The van der Waals surface area contributed by atoms with Gasteiger partial charge in [-0.05, 0) is 87.8 Å². The molecule has 6 rings (SSSR count). The molecular formula is C26H33FN2O5. The van der Waals surface area contributed by atoms with Crippen molar-refractivity contribution in [2.24, 2.45) is 23.2 Å². The van der Waals surface area contributed by atoms with Gasteiger partial charge in [0, 0.05) is 18.7 Å². The zero-order chi connectivity index (χ0) is 24.2. The van der Waals surface area contributed by atoms with Gasteiger partial charge in [-0.3, -0.25) is 9.59 Å². The average Bonchev–Trinajstić information content (AvgIpc) is 3.16. The highest BCUT2D eigenvalue weighted by atomic mass is 19.1. The molecule has 0 radical (unpaired) electrons. The van der Waals surface area contributed by atoms with Crippen LogP contribution in [0.2, 0.25) is 0 Å². The Morgan fingerprint density at radius 1 is 1.12 bits per heavy atom. The molecular weight excluding hydrogens is 439 g/mol. The molecule has 4 bridgehead atoms. The van der Waals surface area contributed by atoms with Crippen molar-refractivity contribution in [3.8, 4) is 0 Å². The van der Waals surface area contributed by atoms with Crippen LogP contribution in [-0.4, -0.2) is 52.6 Å². The maximum Gasteiger partial charge on any atom is 0.329 e. The summed E-state index contributed by atoms with van der Waals surface area (Å²) in [5.74, 6) is 0.00963. The monoisotopic (exact) mass is 472 g/mol. The van der Waals surface area contributed by atoms with Crippen molar-refractivity contribution >= 4 is 23.5 Å². The van der Waals surface area contributed by atoms with E-state index in [0.29, 0.717) is 23.3 Å². The van der Waals surface area contributed by atoms with Crippen LogP contribution in [0.3, 0.4) is 0 Å². The highest BCUT2D eigenvalue weighted by Gasteiger charge is 2.57. The Labute approximate surface area is 199 Å². The summed E-state index contributed by atoms with van der Waals surface area (Å²) in [5, 5.41) is 12.9. The molecule has 4 aliphatic carbocycles. The van der Waals surface area contributed by atoms with E-state index >= 15 is 0 Å². The number of amides is 2. The minimum absolute atomic E-state index is 0.0302. The third-order valence-corrected chi connectivity index (χ3v) is 8.41. The van der Waals surface area contributed by atoms with Gasteiger partial charge in [0.1, 0.15) is 11.9 Å². The number of aliphatic hydroxyl groups excluding tert-OH is 1. The lowest BCUT2D eigenvalue weighted by Gasteiger charge is -2.56. The maximum atomic E-state index is 13.8. The third-order valence-electron chi connectivity index (χ3n) is 8.41. The number of anilines is 1. The number of nitrogens with zero attached hydrogens (tertiary/aromatic N) is 1. The number of ether oxygens (including phenoxy) is 1. The number of hydrogen-bond donors (Lipinski definition) is 2. The Balaban J connectivity index is 1.25. The minimum atomic E-state index is -1.13. The summed E-state index contributed by atoms with van der Waals surface area (Å²) < 4.78 is 19.2. The molecule has 1 heterocycles. The van der Waals surface area contributed by atoms with Gasteiger partial charge in [-0.1, -0.05) is 6.07 Å². The molecule has 184 valence electrons. The molecule has 0 aromatic heterocycles. The van der Waals surface area contributed by atoms with Gasteiger partial charge in [-0.2, -0.15) is 0 Å². The van der Waals surface area contributed by atoms with Crippen molar-refractivity contribution in [1.29, 1.82) is 0 Å². The summed E-state index contributed by atoms with van der Waals surface area (Å²) in [4.78, 5) is 40.8. The van der Waals surface area contributed by atoms with Gasteiger partial charge < -0.3 is 20.1 Å². The van der Waals surface area contributed by atoms with E-state index in [1.54, 1.807) is 19.1 Å². The molecule has 2 amide bonds. The topological polar surface area (TPSA) is 95.9 Å². The Bertz CT molecular complexity index is 976. The van der Waals surface area contributed by atoms with E-state index < -0.39 is 41.4 Å². The van der Waals surface area contributed by atoms with E-state index in [-0.39, 0.29) is 24.6 Å². The number of esters is 1. The maximum absolute atomic E-state index is 13.8. The number of aliphatic hydroxyl groups is 1. The summed E-state index contributed by atoms with van der Waals surface area (Å²) in [6.07, 6.45) is 4.41. The van der Waals surface area contributed by atoms with Crippen LogP contribution in [0.4, 0.5) is 10.1 Å². The Morgan fingerprint density at radius 2 is 1.74 bits per heavy atom. The summed E-state index contributed by atoms with van der Waals surface area (Å²) in [6, 6.07) is 3.43. The molecule has 34 heavy (non-hydrogen) atoms. The van der Waals surface area contributed by atoms with E-state index in [2.05, 4.69) is 5.32 Å². The Morgan fingerprint density at radius 3 is 2.32 bits per heavy atom. The fourth-order valence-electron chi connectivity index (χ4n) is 7.16. The lowest BCUT2D eigenvalue weighted by Crippen LogP contribution is -2.56. The highest BCUT2D eigenvalue weighted by molar-refractivity contribution is 5.96. The van der Waals surface area contributed by atoms with Crippen molar-refractivity contribution in [3.05, 3.63) is 29.6 Å². The number of aryl methyl sites for hydroxylation is 1. The lowest BCUT2D eigenvalue weighted by atomic mass is 9.49. The molecule has 1 aromatic carbocycles. The van der Waals surface area contributed by atoms with Crippen LogP contribution >= 0.6 is 0 Å². The number of likely N-dealkylation sites (tertiary alicyclic amines) is 1. The molecule has 1 aliphatic heterocycles. The second kappa shape index (κ2) is 8.63. The van der Waals surface area contributed by atoms with Gasteiger partial charge in [0.15, 0.2) is 6.10 Å². The first-order valence-corrected chi connectivity index (χ1v) is 12.4. The second-order valence-corrected chi connectivity index (χ2v) is 11.1. The molecule has 4 saturated carbocycles. The number of halogens is 1. The summed E-state index contributed by atoms with van der Waals surface area (Å²) >= 11 is 0. The standard InChI is InChI=1S/C26H33FN2O5/c1-14-3-4-19(8-21(14)27)28-23(31)15(2)34-24(32)22-9-20(30)13-29(22)25(33)26-10-16-5-17(11-26)7-18(6-16)12-26/h3-4,8,15-18,20,22,30H,5-7,9-13H2,1-2H3,(H,28,31)/t15-,16?,17?,18?,20-,22-,26?/m0/s1. The van der Waals surface area contributed by atoms with Crippen molar-refractivity contribution in [1.82, 2.24) is 4.90 Å². The van der Waals surface area contributed by atoms with Crippen molar-refractivity contribution in [3.63, 3.8) is 0 Å². The number of carbonyl (C=O) groups excluding carboxylic acids is 3. The first kappa shape index (κ1) is 23.3. The number of hydrogen-bond acceptors (Lipinski definition) is 5. The number of nitrogens with one attached hydrogen (secondary N) is 1. The normalized spacial score (nSPS) is 34.7. The van der Waals surface area contributed by atoms with Crippen LogP contribution in [0.1, 0.15) is 57.4 Å². The van der Waals surface area contributed by atoms with E-state index in [9.17, 15) is 23.9 Å². The quantitative estimate of drug-likeness (QED) is 0.642. The van der Waals surface area contributed by atoms with Crippen molar-refractivity contribution in [2.75, 3.05) is 11.9 Å². The number of β-amino-alcohol motifs (C(OH)–C–C–N with tert-alkyl or cyclic N) is 1. The molecule has 5 aliphatic rings. The Kier molecular flexibility index (Phi) is 5.91. The molecule has 3 atom stereocenters. The van der Waals surface area contributed by atoms with E-state index in [1.165, 1.54) is 37.2 Å². The minimum Gasteiger partial charge on any atom is -0.451 e. The van der Waals surface area contributed by atoms with Gasteiger partial charge in [0.2, 0.25) is 5.91 Å². The molecule has 0 spiro atoms. The predicted molar refractivity (Wildman–Crippen MR) is 122 cm³/mol. The average molecular weight is 473 g/mol. The second-order valence-electron chi connectivity index (χ2n) is 11.1. The van der Waals surface area contributed by atoms with Gasteiger partial charge in [0.25, 0.3) is 5.91 Å². The lowest BCUT2D eigenvalue weighted by molar-refractivity contribution is -0.168. The molecule has 5 fully saturated rings. The fraction of sp³-hybridized carbons (Fsp3) is 0.654. The SMILES string of the molecule is Cc1ccc(NC(=O)[C@H](C)OC(=O)[C@@H]2C[C@H](O)CN2C(=O)C23CC4CC(CC(C4)C2)C3)cc1F. The zero-order valence-corrected chi connectivity index (χ0v) is 19.8. The fourth-order valence-corrected chi connectivity index (χ4v) is 7.16. The zero-order valence-electron chi connectivity index (χ0n) is 19.8. The first-order valence-electron chi connectivity index (χ1n) is 12.4. The van der Waals surface area contributed by atoms with E-state index in [0.717, 1.165) is 19.3 Å². The molecule has 7 nitrogen and oxygen atoms in total. The smallest absolute Gasteiger partial charge is 0.329 e. The van der Waals surface area contributed by atoms with Crippen LogP contribution in [-0.2, 0) is 19.1 Å². The van der Waals surface area contributed by atoms with Crippen LogP contribution in [0.25, 0.3) is 0 Å². The van der Waals surface area contributed by atoms with Crippen LogP contribution in [0.5, 0.6) is 0 Å². The number of rotatable bonds is 5. The Hall–Kier alpha value is -2.48. The van der Waals surface area contributed by atoms with E-state index in [4.69, 9.17) is 4.74 Å². The van der Waals surface area contributed by atoms with Crippen LogP contribution in [0.15, 0.2) is 18.2 Å². The largest absolute Gasteiger partial charge is 0.451 e. The highest BCUT2D eigenvalue weighted by Crippen LogP contribution is 2.60. The van der Waals surface area contributed by atoms with Gasteiger partial charge in [-0.15, -0.1) is 0 Å². The van der Waals surface area contributed by atoms with Crippen molar-refractivity contribution in [2.45, 2.75) is 77.0 Å². The first-order chi connectivity index (χ1) is 16.1. The number of carbonyl (C=O) groups is 3. The molecule has 1 saturated heterocycles. The van der Waals surface area contributed by atoms with E-state index in [1.807, 2.05) is 0 Å². The summed E-state index contributed by atoms with van der Waals surface area (Å²) in [6.45, 7) is 3.18. The van der Waals surface area contributed by atoms with Crippen LogP contribution in [0, 0.1) is 35.9 Å². The van der Waals surface area contributed by atoms with Crippen molar-refractivity contribution < 1.29 is 28.6 Å². The van der Waals surface area contributed by atoms with Crippen LogP contribution < -0.4 is 5.32 Å². The predicted octanol–water partition coefficient (Wildman–Crippen LogP) is 3.18. The third kappa shape index (κ3) is 4.21. The van der Waals surface area contributed by atoms with Gasteiger partial charge >= 0.3 is 5.97 Å². The molecule has 0 unspecified atom stereocenters.